The van der Waals surface area contributed by atoms with Crippen LogP contribution in [-0.2, 0) is 0 Å². The highest BCUT2D eigenvalue weighted by Crippen LogP contribution is 2.25. The summed E-state index contributed by atoms with van der Waals surface area (Å²) in [5.74, 6) is 0.741. The van der Waals surface area contributed by atoms with E-state index in [0.29, 0.717) is 6.61 Å². The number of hydrogen-bond acceptors (Lipinski definition) is 4. The van der Waals surface area contributed by atoms with E-state index in [4.69, 9.17) is 4.74 Å². The Balaban J connectivity index is 1.78. The number of pyridine rings is 1. The third-order valence-corrected chi connectivity index (χ3v) is 3.63. The average Bonchev–Trinajstić information content (AvgIpc) is 2.46. The van der Waals surface area contributed by atoms with Crippen LogP contribution in [0.5, 0.6) is 5.75 Å². The van der Waals surface area contributed by atoms with E-state index in [9.17, 15) is 5.11 Å². The second-order valence-corrected chi connectivity index (χ2v) is 5.09. The molecular formula is C15H18N2O2. The minimum absolute atomic E-state index is 0.324. The molecule has 19 heavy (non-hydrogen) atoms. The highest BCUT2D eigenvalue weighted by molar-refractivity contribution is 5.84. The summed E-state index contributed by atoms with van der Waals surface area (Å²) in [6.07, 6.45) is 3.21. The van der Waals surface area contributed by atoms with Crippen LogP contribution in [-0.4, -0.2) is 35.4 Å². The van der Waals surface area contributed by atoms with Crippen LogP contribution in [0.4, 0.5) is 0 Å². The zero-order chi connectivity index (χ0) is 13.1. The first kappa shape index (κ1) is 12.4. The van der Waals surface area contributed by atoms with Crippen molar-refractivity contribution in [2.45, 2.75) is 18.4 Å². The molecule has 2 N–H and O–H groups in total. The van der Waals surface area contributed by atoms with Gasteiger partial charge in [0.2, 0.25) is 0 Å². The lowest BCUT2D eigenvalue weighted by atomic mass is 9.93. The van der Waals surface area contributed by atoms with Crippen molar-refractivity contribution in [1.29, 1.82) is 0 Å². The van der Waals surface area contributed by atoms with E-state index in [-0.39, 0.29) is 0 Å². The van der Waals surface area contributed by atoms with Crippen molar-refractivity contribution in [3.8, 4) is 5.75 Å². The zero-order valence-corrected chi connectivity index (χ0v) is 10.8. The molecule has 2 heterocycles. The van der Waals surface area contributed by atoms with Crippen molar-refractivity contribution < 1.29 is 9.84 Å². The molecular weight excluding hydrogens is 240 g/mol. The molecule has 4 heteroatoms. The topological polar surface area (TPSA) is 54.4 Å². The first-order valence-corrected chi connectivity index (χ1v) is 6.67. The van der Waals surface area contributed by atoms with Crippen molar-refractivity contribution in [2.75, 3.05) is 19.7 Å². The molecule has 4 nitrogen and oxygen atoms in total. The van der Waals surface area contributed by atoms with E-state index in [0.717, 1.165) is 42.6 Å². The Kier molecular flexibility index (Phi) is 3.36. The number of nitrogens with one attached hydrogen (secondary N) is 1. The molecule has 1 aliphatic heterocycles. The maximum atomic E-state index is 10.4. The van der Waals surface area contributed by atoms with Gasteiger partial charge in [-0.25, -0.2) is 0 Å². The summed E-state index contributed by atoms with van der Waals surface area (Å²) in [5, 5.41) is 14.7. The van der Waals surface area contributed by atoms with E-state index >= 15 is 0 Å². The molecule has 0 spiro atoms. The van der Waals surface area contributed by atoms with Crippen LogP contribution in [0.1, 0.15) is 12.8 Å². The highest BCUT2D eigenvalue weighted by Gasteiger charge is 2.30. The van der Waals surface area contributed by atoms with Gasteiger partial charge in [-0.1, -0.05) is 18.2 Å². The molecule has 0 radical (unpaired) electrons. The molecule has 0 saturated carbocycles. The monoisotopic (exact) mass is 258 g/mol. The van der Waals surface area contributed by atoms with Gasteiger partial charge in [0, 0.05) is 11.6 Å². The standard InChI is InChI=1S/C15H18N2O2/c18-15(6-9-16-10-7-15)11-19-13-5-1-3-12-4-2-8-17-14(12)13/h1-5,8,16,18H,6-7,9-11H2. The summed E-state index contributed by atoms with van der Waals surface area (Å²) in [6.45, 7) is 2.01. The largest absolute Gasteiger partial charge is 0.488 e. The molecule has 1 saturated heterocycles. The Morgan fingerprint density at radius 3 is 2.84 bits per heavy atom. The van der Waals surface area contributed by atoms with Gasteiger partial charge in [0.25, 0.3) is 0 Å². The van der Waals surface area contributed by atoms with Crippen LogP contribution in [0.15, 0.2) is 36.5 Å². The molecule has 0 atom stereocenters. The van der Waals surface area contributed by atoms with Gasteiger partial charge in [-0.05, 0) is 38.1 Å². The number of ether oxygens (including phenoxy) is 1. The molecule has 100 valence electrons. The molecule has 1 aliphatic rings. The van der Waals surface area contributed by atoms with Gasteiger partial charge >= 0.3 is 0 Å². The van der Waals surface area contributed by atoms with Crippen LogP contribution >= 0.6 is 0 Å². The lowest BCUT2D eigenvalue weighted by molar-refractivity contribution is -0.0282. The van der Waals surface area contributed by atoms with Gasteiger partial charge in [0.1, 0.15) is 23.5 Å². The van der Waals surface area contributed by atoms with Gasteiger partial charge in [-0.2, -0.15) is 0 Å². The maximum Gasteiger partial charge on any atom is 0.145 e. The predicted octanol–water partition coefficient (Wildman–Crippen LogP) is 1.73. The predicted molar refractivity (Wildman–Crippen MR) is 74.3 cm³/mol. The second-order valence-electron chi connectivity index (χ2n) is 5.09. The number of aromatic nitrogens is 1. The summed E-state index contributed by atoms with van der Waals surface area (Å²) in [6, 6.07) is 9.78. The Morgan fingerprint density at radius 2 is 2.00 bits per heavy atom. The summed E-state index contributed by atoms with van der Waals surface area (Å²) in [5.41, 5.74) is 0.130. The Hall–Kier alpha value is -1.65. The van der Waals surface area contributed by atoms with Gasteiger partial charge in [0.05, 0.1) is 0 Å². The summed E-state index contributed by atoms with van der Waals surface area (Å²) < 4.78 is 5.82. The first-order chi connectivity index (χ1) is 9.27. The van der Waals surface area contributed by atoms with Crippen molar-refractivity contribution >= 4 is 10.9 Å². The molecule has 2 aromatic rings. The number of rotatable bonds is 3. The number of nitrogens with zero attached hydrogens (tertiary/aromatic N) is 1. The molecule has 0 unspecified atom stereocenters. The molecule has 1 aromatic carbocycles. The molecule has 1 aromatic heterocycles. The number of aliphatic hydroxyl groups is 1. The molecule has 0 aliphatic carbocycles. The van der Waals surface area contributed by atoms with E-state index in [1.54, 1.807) is 6.20 Å². The lowest BCUT2D eigenvalue weighted by Crippen LogP contribution is -2.46. The first-order valence-electron chi connectivity index (χ1n) is 6.67. The fraction of sp³-hybridized carbons (Fsp3) is 0.400. The number of piperidine rings is 1. The van der Waals surface area contributed by atoms with Gasteiger partial charge < -0.3 is 15.2 Å². The lowest BCUT2D eigenvalue weighted by Gasteiger charge is -2.32. The number of hydrogen-bond donors (Lipinski definition) is 2. The SMILES string of the molecule is OC1(COc2cccc3cccnc23)CCNCC1. The van der Waals surface area contributed by atoms with Crippen molar-refractivity contribution in [1.82, 2.24) is 10.3 Å². The van der Waals surface area contributed by atoms with E-state index < -0.39 is 5.60 Å². The summed E-state index contributed by atoms with van der Waals surface area (Å²) in [7, 11) is 0. The maximum absolute atomic E-state index is 10.4. The third-order valence-electron chi connectivity index (χ3n) is 3.63. The minimum atomic E-state index is -0.720. The molecule has 0 amide bonds. The van der Waals surface area contributed by atoms with E-state index in [2.05, 4.69) is 10.3 Å². The Bertz CT molecular complexity index is 560. The average molecular weight is 258 g/mol. The highest BCUT2D eigenvalue weighted by atomic mass is 16.5. The zero-order valence-electron chi connectivity index (χ0n) is 10.8. The fourth-order valence-corrected chi connectivity index (χ4v) is 2.44. The van der Waals surface area contributed by atoms with Crippen LogP contribution < -0.4 is 10.1 Å². The Morgan fingerprint density at radius 1 is 1.21 bits per heavy atom. The third kappa shape index (κ3) is 2.69. The number of para-hydroxylation sites is 1. The van der Waals surface area contributed by atoms with Gasteiger partial charge in [-0.15, -0.1) is 0 Å². The van der Waals surface area contributed by atoms with Crippen LogP contribution in [0, 0.1) is 0 Å². The fourth-order valence-electron chi connectivity index (χ4n) is 2.44. The van der Waals surface area contributed by atoms with Crippen molar-refractivity contribution in [3.63, 3.8) is 0 Å². The molecule has 0 bridgehead atoms. The van der Waals surface area contributed by atoms with E-state index in [1.807, 2.05) is 30.3 Å². The van der Waals surface area contributed by atoms with E-state index in [1.165, 1.54) is 0 Å². The summed E-state index contributed by atoms with van der Waals surface area (Å²) >= 11 is 0. The van der Waals surface area contributed by atoms with Crippen molar-refractivity contribution in [2.24, 2.45) is 0 Å². The Labute approximate surface area is 112 Å². The van der Waals surface area contributed by atoms with Crippen LogP contribution in [0.3, 0.4) is 0 Å². The van der Waals surface area contributed by atoms with Gasteiger partial charge in [-0.3, -0.25) is 4.98 Å². The molecule has 3 rings (SSSR count). The van der Waals surface area contributed by atoms with Crippen LogP contribution in [0.25, 0.3) is 10.9 Å². The number of fused-ring (bicyclic) bond motifs is 1. The normalized spacial score (nSPS) is 18.4. The number of benzene rings is 1. The quantitative estimate of drug-likeness (QED) is 0.880. The second kappa shape index (κ2) is 5.15. The smallest absolute Gasteiger partial charge is 0.145 e. The van der Waals surface area contributed by atoms with Crippen LogP contribution in [0.2, 0.25) is 0 Å². The van der Waals surface area contributed by atoms with Gasteiger partial charge in [0.15, 0.2) is 0 Å². The van der Waals surface area contributed by atoms with Crippen molar-refractivity contribution in [3.05, 3.63) is 36.5 Å². The molecule has 1 fully saturated rings. The minimum Gasteiger partial charge on any atom is -0.488 e. The summed E-state index contributed by atoms with van der Waals surface area (Å²) in [4.78, 5) is 4.35.